The number of rotatable bonds is 6. The van der Waals surface area contributed by atoms with Crippen molar-refractivity contribution in [1.29, 1.82) is 0 Å². The van der Waals surface area contributed by atoms with Crippen LogP contribution in [0.5, 0.6) is 5.75 Å². The molecule has 0 radical (unpaired) electrons. The molecular formula is C23H28N2O3. The summed E-state index contributed by atoms with van der Waals surface area (Å²) in [4.78, 5) is 27.0. The van der Waals surface area contributed by atoms with Crippen molar-refractivity contribution in [1.82, 2.24) is 10.2 Å². The standard InChI is InChI=1S/C23H28N2O3/c1-28-20-13-11-19(12-14-20)21-10-6-3-7-15-25(21)23(27)17-24-22(26)16-18-8-4-2-5-9-18/h2,4-5,8-9,11-14,21H,3,6-7,10,15-17H2,1H3,(H,24,26)/t21-/m0/s1. The van der Waals surface area contributed by atoms with E-state index < -0.39 is 0 Å². The summed E-state index contributed by atoms with van der Waals surface area (Å²) < 4.78 is 5.24. The van der Waals surface area contributed by atoms with Gasteiger partial charge in [-0.15, -0.1) is 0 Å². The second kappa shape index (κ2) is 9.93. The summed E-state index contributed by atoms with van der Waals surface area (Å²) in [5.74, 6) is 0.655. The summed E-state index contributed by atoms with van der Waals surface area (Å²) >= 11 is 0. The Kier molecular flexibility index (Phi) is 7.06. The monoisotopic (exact) mass is 380 g/mol. The van der Waals surface area contributed by atoms with Crippen LogP contribution in [0.25, 0.3) is 0 Å². The molecule has 0 aliphatic carbocycles. The number of likely N-dealkylation sites (tertiary alicyclic amines) is 1. The second-order valence-corrected chi connectivity index (χ2v) is 7.16. The van der Waals surface area contributed by atoms with Crippen LogP contribution in [0.2, 0.25) is 0 Å². The molecule has 0 bridgehead atoms. The van der Waals surface area contributed by atoms with Gasteiger partial charge < -0.3 is 15.0 Å². The van der Waals surface area contributed by atoms with Gasteiger partial charge in [0.05, 0.1) is 26.1 Å². The molecule has 1 heterocycles. The minimum atomic E-state index is -0.129. The smallest absolute Gasteiger partial charge is 0.242 e. The fourth-order valence-electron chi connectivity index (χ4n) is 3.70. The van der Waals surface area contributed by atoms with Crippen molar-refractivity contribution in [3.05, 3.63) is 65.7 Å². The molecule has 5 heteroatoms. The van der Waals surface area contributed by atoms with E-state index in [1.54, 1.807) is 7.11 Å². The fourth-order valence-corrected chi connectivity index (χ4v) is 3.70. The van der Waals surface area contributed by atoms with Crippen molar-refractivity contribution in [2.24, 2.45) is 0 Å². The van der Waals surface area contributed by atoms with E-state index in [1.807, 2.05) is 59.5 Å². The normalized spacial score (nSPS) is 16.9. The number of hydrogen-bond acceptors (Lipinski definition) is 3. The van der Waals surface area contributed by atoms with E-state index in [-0.39, 0.29) is 30.8 Å². The lowest BCUT2D eigenvalue weighted by molar-refractivity contribution is -0.134. The van der Waals surface area contributed by atoms with Crippen LogP contribution in [-0.2, 0) is 16.0 Å². The summed E-state index contributed by atoms with van der Waals surface area (Å²) in [5.41, 5.74) is 2.06. The van der Waals surface area contributed by atoms with Gasteiger partial charge >= 0.3 is 0 Å². The fraction of sp³-hybridized carbons (Fsp3) is 0.391. The van der Waals surface area contributed by atoms with Crippen molar-refractivity contribution in [3.63, 3.8) is 0 Å². The number of nitrogens with one attached hydrogen (secondary N) is 1. The highest BCUT2D eigenvalue weighted by Crippen LogP contribution is 2.31. The minimum absolute atomic E-state index is 0.0240. The summed E-state index contributed by atoms with van der Waals surface area (Å²) in [5, 5.41) is 2.79. The molecule has 2 amide bonds. The molecule has 1 N–H and O–H groups in total. The first-order valence-corrected chi connectivity index (χ1v) is 9.91. The zero-order valence-electron chi connectivity index (χ0n) is 16.4. The molecule has 2 aromatic carbocycles. The van der Waals surface area contributed by atoms with Gasteiger partial charge in [0.15, 0.2) is 0 Å². The van der Waals surface area contributed by atoms with Crippen molar-refractivity contribution in [2.75, 3.05) is 20.2 Å². The highest BCUT2D eigenvalue weighted by Gasteiger charge is 2.26. The van der Waals surface area contributed by atoms with E-state index in [9.17, 15) is 9.59 Å². The van der Waals surface area contributed by atoms with E-state index in [1.165, 1.54) is 0 Å². The Morgan fingerprint density at radius 1 is 1.04 bits per heavy atom. The van der Waals surface area contributed by atoms with Crippen molar-refractivity contribution in [3.8, 4) is 5.75 Å². The molecule has 1 saturated heterocycles. The summed E-state index contributed by atoms with van der Waals surface area (Å²) in [6.45, 7) is 0.766. The predicted octanol–water partition coefficient (Wildman–Crippen LogP) is 3.50. The van der Waals surface area contributed by atoms with Crippen LogP contribution in [0.3, 0.4) is 0 Å². The number of benzene rings is 2. The Morgan fingerprint density at radius 3 is 2.50 bits per heavy atom. The number of ether oxygens (including phenoxy) is 1. The van der Waals surface area contributed by atoms with Gasteiger partial charge in [0, 0.05) is 6.54 Å². The predicted molar refractivity (Wildman–Crippen MR) is 109 cm³/mol. The maximum Gasteiger partial charge on any atom is 0.242 e. The largest absolute Gasteiger partial charge is 0.497 e. The van der Waals surface area contributed by atoms with Crippen molar-refractivity contribution in [2.45, 2.75) is 38.1 Å². The Balaban J connectivity index is 1.62. The summed E-state index contributed by atoms with van der Waals surface area (Å²) in [6.07, 6.45) is 4.44. The zero-order chi connectivity index (χ0) is 19.8. The molecule has 148 valence electrons. The number of carbonyl (C=O) groups excluding carboxylic acids is 2. The van der Waals surface area contributed by atoms with Gasteiger partial charge in [0.1, 0.15) is 5.75 Å². The van der Waals surface area contributed by atoms with Crippen LogP contribution >= 0.6 is 0 Å². The minimum Gasteiger partial charge on any atom is -0.497 e. The average molecular weight is 380 g/mol. The van der Waals surface area contributed by atoms with Gasteiger partial charge in [-0.1, -0.05) is 55.3 Å². The molecular weight excluding hydrogens is 352 g/mol. The van der Waals surface area contributed by atoms with E-state index in [0.717, 1.165) is 49.1 Å². The number of methoxy groups -OCH3 is 1. The quantitative estimate of drug-likeness (QED) is 0.834. The first-order chi connectivity index (χ1) is 13.7. The van der Waals surface area contributed by atoms with E-state index in [2.05, 4.69) is 5.32 Å². The van der Waals surface area contributed by atoms with Gasteiger partial charge in [-0.3, -0.25) is 9.59 Å². The molecule has 0 saturated carbocycles. The molecule has 2 aromatic rings. The molecule has 28 heavy (non-hydrogen) atoms. The Morgan fingerprint density at radius 2 is 1.79 bits per heavy atom. The Hall–Kier alpha value is -2.82. The highest BCUT2D eigenvalue weighted by atomic mass is 16.5. The van der Waals surface area contributed by atoms with Crippen molar-refractivity contribution < 1.29 is 14.3 Å². The third-order valence-electron chi connectivity index (χ3n) is 5.22. The van der Waals surface area contributed by atoms with Gasteiger partial charge in [-0.2, -0.15) is 0 Å². The van der Waals surface area contributed by atoms with Gasteiger partial charge in [0.25, 0.3) is 0 Å². The molecule has 3 rings (SSSR count). The lowest BCUT2D eigenvalue weighted by Crippen LogP contribution is -2.42. The van der Waals surface area contributed by atoms with Gasteiger partial charge in [0.2, 0.25) is 11.8 Å². The first-order valence-electron chi connectivity index (χ1n) is 9.91. The molecule has 0 spiro atoms. The lowest BCUT2D eigenvalue weighted by Gasteiger charge is -2.30. The van der Waals surface area contributed by atoms with E-state index >= 15 is 0 Å². The molecule has 0 aromatic heterocycles. The summed E-state index contributed by atoms with van der Waals surface area (Å²) in [6, 6.07) is 17.5. The molecule has 1 fully saturated rings. The molecule has 5 nitrogen and oxygen atoms in total. The number of amides is 2. The lowest BCUT2D eigenvalue weighted by atomic mass is 10.0. The molecule has 1 atom stereocenters. The molecule has 1 aliphatic rings. The van der Waals surface area contributed by atoms with Crippen molar-refractivity contribution >= 4 is 11.8 Å². The number of nitrogens with zero attached hydrogens (tertiary/aromatic N) is 1. The van der Waals surface area contributed by atoms with Gasteiger partial charge in [-0.05, 0) is 36.1 Å². The van der Waals surface area contributed by atoms with E-state index in [4.69, 9.17) is 4.74 Å². The van der Waals surface area contributed by atoms with E-state index in [0.29, 0.717) is 0 Å². The Labute approximate surface area is 166 Å². The Bertz CT molecular complexity index is 774. The number of carbonyl (C=O) groups is 2. The van der Waals surface area contributed by atoms with Crippen LogP contribution in [0.15, 0.2) is 54.6 Å². The average Bonchev–Trinajstić information content (AvgIpc) is 2.99. The molecule has 1 aliphatic heterocycles. The third-order valence-corrected chi connectivity index (χ3v) is 5.22. The first kappa shape index (κ1) is 19.9. The highest BCUT2D eigenvalue weighted by molar-refractivity contribution is 5.86. The second-order valence-electron chi connectivity index (χ2n) is 7.16. The van der Waals surface area contributed by atoms with Crippen LogP contribution in [-0.4, -0.2) is 36.9 Å². The van der Waals surface area contributed by atoms with Gasteiger partial charge in [-0.25, -0.2) is 0 Å². The van der Waals surface area contributed by atoms with Crippen LogP contribution in [0.4, 0.5) is 0 Å². The third kappa shape index (κ3) is 5.35. The van der Waals surface area contributed by atoms with Crippen LogP contribution in [0.1, 0.15) is 42.9 Å². The van der Waals surface area contributed by atoms with Crippen LogP contribution < -0.4 is 10.1 Å². The maximum atomic E-state index is 12.9. The summed E-state index contributed by atoms with van der Waals surface area (Å²) in [7, 11) is 1.65. The zero-order valence-corrected chi connectivity index (χ0v) is 16.4. The van der Waals surface area contributed by atoms with Crippen LogP contribution in [0, 0.1) is 0 Å². The number of hydrogen-bond donors (Lipinski definition) is 1. The maximum absolute atomic E-state index is 12.9. The SMILES string of the molecule is COc1ccc([C@@H]2CCCCCN2C(=O)CNC(=O)Cc2ccccc2)cc1. The molecule has 0 unspecified atom stereocenters. The topological polar surface area (TPSA) is 58.6 Å².